The number of carboxylic acids is 1. The highest BCUT2D eigenvalue weighted by Gasteiger charge is 2.22. The lowest BCUT2D eigenvalue weighted by atomic mass is 9.85. The largest absolute Gasteiger partial charge is 0.478 e. The summed E-state index contributed by atoms with van der Waals surface area (Å²) in [5.41, 5.74) is 4.76. The second kappa shape index (κ2) is 4.09. The number of carbonyl (C=O) groups is 2. The summed E-state index contributed by atoms with van der Waals surface area (Å²) >= 11 is 0. The molecule has 14 heavy (non-hydrogen) atoms. The van der Waals surface area contributed by atoms with E-state index in [2.05, 4.69) is 6.58 Å². The summed E-state index contributed by atoms with van der Waals surface area (Å²) in [6.07, 6.45) is 1.21. The Morgan fingerprint density at radius 2 is 1.79 bits per heavy atom. The molecule has 4 nitrogen and oxygen atoms in total. The molecule has 0 atom stereocenters. The van der Waals surface area contributed by atoms with Gasteiger partial charge in [0.25, 0.3) is 0 Å². The number of carbonyl (C=O) groups excluding carboxylic acids is 1. The fraction of sp³-hybridized carbons (Fsp3) is 0.400. The molecule has 0 rings (SSSR count). The molecule has 0 saturated carbocycles. The third-order valence-corrected chi connectivity index (χ3v) is 1.67. The van der Waals surface area contributed by atoms with Crippen LogP contribution in [0.3, 0.4) is 0 Å². The Morgan fingerprint density at radius 3 is 2.00 bits per heavy atom. The van der Waals surface area contributed by atoms with E-state index in [4.69, 9.17) is 10.8 Å². The molecule has 0 unspecified atom stereocenters. The van der Waals surface area contributed by atoms with E-state index in [9.17, 15) is 9.59 Å². The van der Waals surface area contributed by atoms with Crippen molar-refractivity contribution >= 4 is 11.9 Å². The molecular weight excluding hydrogens is 182 g/mol. The van der Waals surface area contributed by atoms with Crippen LogP contribution in [0.4, 0.5) is 0 Å². The van der Waals surface area contributed by atoms with E-state index in [1.54, 1.807) is 20.8 Å². The molecule has 0 aromatic carbocycles. The monoisotopic (exact) mass is 197 g/mol. The zero-order valence-electron chi connectivity index (χ0n) is 8.63. The first-order valence-electron chi connectivity index (χ1n) is 4.10. The first-order chi connectivity index (χ1) is 6.16. The van der Waals surface area contributed by atoms with Crippen LogP contribution in [0.25, 0.3) is 0 Å². The average Bonchev–Trinajstić information content (AvgIpc) is 1.96. The zero-order chi connectivity index (χ0) is 11.5. The zero-order valence-corrected chi connectivity index (χ0v) is 8.63. The number of hydrogen-bond acceptors (Lipinski definition) is 2. The maximum absolute atomic E-state index is 11.0. The standard InChI is InChI=1S/C10H15NO3/c1-6(9(13)14)5-7(8(11)12)10(2,3)4/h5H,1H2,2-4H3,(H2,11,12)(H,13,14)/b7-5+. The van der Waals surface area contributed by atoms with E-state index >= 15 is 0 Å². The summed E-state index contributed by atoms with van der Waals surface area (Å²) in [5.74, 6) is -1.78. The van der Waals surface area contributed by atoms with Gasteiger partial charge < -0.3 is 10.8 Å². The third-order valence-electron chi connectivity index (χ3n) is 1.67. The fourth-order valence-corrected chi connectivity index (χ4v) is 0.893. The lowest BCUT2D eigenvalue weighted by Gasteiger charge is -2.20. The topological polar surface area (TPSA) is 80.4 Å². The van der Waals surface area contributed by atoms with Crippen LogP contribution in [-0.4, -0.2) is 17.0 Å². The Balaban J connectivity index is 5.14. The Hall–Kier alpha value is -1.58. The van der Waals surface area contributed by atoms with Gasteiger partial charge in [-0.15, -0.1) is 0 Å². The number of nitrogens with two attached hydrogens (primary N) is 1. The van der Waals surface area contributed by atoms with Gasteiger partial charge in [0.2, 0.25) is 5.91 Å². The summed E-state index contributed by atoms with van der Waals surface area (Å²) in [4.78, 5) is 21.5. The highest BCUT2D eigenvalue weighted by atomic mass is 16.4. The molecule has 3 N–H and O–H groups in total. The van der Waals surface area contributed by atoms with Crippen LogP contribution in [0.2, 0.25) is 0 Å². The minimum absolute atomic E-state index is 0.145. The molecule has 0 fully saturated rings. The molecule has 0 aliphatic heterocycles. The molecule has 0 aromatic heterocycles. The van der Waals surface area contributed by atoms with Crippen LogP contribution in [0.1, 0.15) is 20.8 Å². The van der Waals surface area contributed by atoms with Crippen LogP contribution in [0, 0.1) is 5.41 Å². The van der Waals surface area contributed by atoms with Gasteiger partial charge in [-0.05, 0) is 11.5 Å². The molecule has 1 amide bonds. The predicted octanol–water partition coefficient (Wildman–Crippen LogP) is 1.08. The number of hydrogen-bond donors (Lipinski definition) is 2. The van der Waals surface area contributed by atoms with Gasteiger partial charge in [0.15, 0.2) is 0 Å². The maximum atomic E-state index is 11.0. The van der Waals surface area contributed by atoms with Crippen molar-refractivity contribution in [3.05, 3.63) is 23.8 Å². The van der Waals surface area contributed by atoms with Gasteiger partial charge in [0.1, 0.15) is 0 Å². The van der Waals surface area contributed by atoms with E-state index in [0.29, 0.717) is 0 Å². The SMILES string of the molecule is C=C(/C=C(\C(N)=O)C(C)(C)C)C(=O)O. The summed E-state index contributed by atoms with van der Waals surface area (Å²) in [5, 5.41) is 8.58. The Bertz CT molecular complexity index is 308. The Morgan fingerprint density at radius 1 is 1.36 bits per heavy atom. The number of rotatable bonds is 3. The fourth-order valence-electron chi connectivity index (χ4n) is 0.893. The van der Waals surface area contributed by atoms with Gasteiger partial charge in [-0.2, -0.15) is 0 Å². The molecule has 0 aliphatic rings. The first-order valence-corrected chi connectivity index (χ1v) is 4.10. The van der Waals surface area contributed by atoms with Gasteiger partial charge in [0.05, 0.1) is 5.57 Å². The van der Waals surface area contributed by atoms with Crippen LogP contribution in [0.15, 0.2) is 23.8 Å². The molecular formula is C10H15NO3. The Kier molecular flexibility index (Phi) is 3.62. The molecule has 0 saturated heterocycles. The molecule has 0 bridgehead atoms. The molecule has 0 radical (unpaired) electrons. The maximum Gasteiger partial charge on any atom is 0.335 e. The molecule has 0 spiro atoms. The molecule has 0 heterocycles. The van der Waals surface area contributed by atoms with Crippen LogP contribution in [-0.2, 0) is 9.59 Å². The first kappa shape index (κ1) is 12.4. The normalized spacial score (nSPS) is 12.4. The van der Waals surface area contributed by atoms with Crippen LogP contribution in [0.5, 0.6) is 0 Å². The van der Waals surface area contributed by atoms with Gasteiger partial charge in [0, 0.05) is 5.57 Å². The van der Waals surface area contributed by atoms with Crippen molar-refractivity contribution in [3.8, 4) is 0 Å². The number of aliphatic carboxylic acids is 1. The summed E-state index contributed by atoms with van der Waals surface area (Å²) in [7, 11) is 0. The van der Waals surface area contributed by atoms with Crippen molar-refractivity contribution < 1.29 is 14.7 Å². The van der Waals surface area contributed by atoms with Crippen LogP contribution >= 0.6 is 0 Å². The number of amides is 1. The van der Waals surface area contributed by atoms with E-state index in [1.165, 1.54) is 6.08 Å². The minimum Gasteiger partial charge on any atom is -0.478 e. The smallest absolute Gasteiger partial charge is 0.335 e. The summed E-state index contributed by atoms with van der Waals surface area (Å²) in [6.45, 7) is 8.64. The average molecular weight is 197 g/mol. The minimum atomic E-state index is -1.16. The van der Waals surface area contributed by atoms with E-state index in [-0.39, 0.29) is 11.1 Å². The predicted molar refractivity (Wildman–Crippen MR) is 53.5 cm³/mol. The van der Waals surface area contributed by atoms with Crippen molar-refractivity contribution in [1.29, 1.82) is 0 Å². The second-order valence-electron chi connectivity index (χ2n) is 4.00. The quantitative estimate of drug-likeness (QED) is 0.525. The lowest BCUT2D eigenvalue weighted by molar-refractivity contribution is -0.132. The molecule has 0 aliphatic carbocycles. The highest BCUT2D eigenvalue weighted by Crippen LogP contribution is 2.25. The Labute approximate surface area is 83.1 Å². The number of primary amides is 1. The highest BCUT2D eigenvalue weighted by molar-refractivity contribution is 5.97. The van der Waals surface area contributed by atoms with Gasteiger partial charge in [-0.25, -0.2) is 4.79 Å². The van der Waals surface area contributed by atoms with Crippen LogP contribution < -0.4 is 5.73 Å². The van der Waals surface area contributed by atoms with Crippen molar-refractivity contribution in [2.75, 3.05) is 0 Å². The van der Waals surface area contributed by atoms with E-state index in [1.807, 2.05) is 0 Å². The molecule has 0 aromatic rings. The lowest BCUT2D eigenvalue weighted by Crippen LogP contribution is -2.24. The van der Waals surface area contributed by atoms with E-state index < -0.39 is 17.3 Å². The van der Waals surface area contributed by atoms with Gasteiger partial charge >= 0.3 is 5.97 Å². The van der Waals surface area contributed by atoms with Crippen molar-refractivity contribution in [2.24, 2.45) is 11.1 Å². The molecule has 4 heteroatoms. The van der Waals surface area contributed by atoms with Crippen molar-refractivity contribution in [2.45, 2.75) is 20.8 Å². The van der Waals surface area contributed by atoms with Crippen molar-refractivity contribution in [3.63, 3.8) is 0 Å². The summed E-state index contributed by atoms with van der Waals surface area (Å²) < 4.78 is 0. The van der Waals surface area contributed by atoms with Gasteiger partial charge in [-0.3, -0.25) is 4.79 Å². The van der Waals surface area contributed by atoms with Gasteiger partial charge in [-0.1, -0.05) is 27.4 Å². The third kappa shape index (κ3) is 3.43. The number of carboxylic acid groups (broad SMARTS) is 1. The van der Waals surface area contributed by atoms with Crippen molar-refractivity contribution in [1.82, 2.24) is 0 Å². The summed E-state index contributed by atoms with van der Waals surface area (Å²) in [6, 6.07) is 0. The van der Waals surface area contributed by atoms with E-state index in [0.717, 1.165) is 0 Å². The molecule has 78 valence electrons. The second-order valence-corrected chi connectivity index (χ2v) is 4.00.